The maximum atomic E-state index is 12.0. The number of hydrogen-bond donors (Lipinski definition) is 2. The first-order chi connectivity index (χ1) is 7.61. The smallest absolute Gasteiger partial charge is 0.250 e. The van der Waals surface area contributed by atoms with Gasteiger partial charge in [-0.3, -0.25) is 4.79 Å². The molecule has 0 saturated carbocycles. The molecule has 1 aromatic heterocycles. The second-order valence-corrected chi connectivity index (χ2v) is 4.22. The fourth-order valence-corrected chi connectivity index (χ4v) is 2.03. The van der Waals surface area contributed by atoms with Gasteiger partial charge in [0.15, 0.2) is 5.82 Å². The van der Waals surface area contributed by atoms with Crippen molar-refractivity contribution in [1.82, 2.24) is 4.98 Å². The highest BCUT2D eigenvalue weighted by atomic mass is 16.2. The van der Waals surface area contributed by atoms with Gasteiger partial charge in [0, 0.05) is 5.69 Å². The molecule has 2 rings (SSSR count). The summed E-state index contributed by atoms with van der Waals surface area (Å²) >= 11 is 0. The molecule has 0 aromatic carbocycles. The predicted molar refractivity (Wildman–Crippen MR) is 64.5 cm³/mol. The highest BCUT2D eigenvalue weighted by Crippen LogP contribution is 2.32. The molecule has 0 spiro atoms. The number of pyridine rings is 1. The molecule has 86 valence electrons. The molecule has 0 atom stereocenters. The van der Waals surface area contributed by atoms with Gasteiger partial charge in [-0.2, -0.15) is 0 Å². The molecule has 0 aliphatic carbocycles. The summed E-state index contributed by atoms with van der Waals surface area (Å²) in [4.78, 5) is 16.4. The van der Waals surface area contributed by atoms with Gasteiger partial charge in [0.2, 0.25) is 5.91 Å². The normalized spacial score (nSPS) is 17.3. The Kier molecular flexibility index (Phi) is 2.58. The van der Waals surface area contributed by atoms with Crippen LogP contribution in [0, 0.1) is 6.92 Å². The Morgan fingerprint density at radius 1 is 1.31 bits per heavy atom. The van der Waals surface area contributed by atoms with Crippen molar-refractivity contribution in [3.8, 4) is 0 Å². The number of fused-ring (bicyclic) bond motifs is 1. The van der Waals surface area contributed by atoms with Gasteiger partial charge in [-0.1, -0.05) is 13.8 Å². The molecule has 1 amide bonds. The van der Waals surface area contributed by atoms with E-state index in [0.717, 1.165) is 30.0 Å². The van der Waals surface area contributed by atoms with Crippen LogP contribution in [0.15, 0.2) is 12.1 Å². The summed E-state index contributed by atoms with van der Waals surface area (Å²) in [7, 11) is 0. The van der Waals surface area contributed by atoms with E-state index in [1.54, 1.807) is 0 Å². The van der Waals surface area contributed by atoms with E-state index < -0.39 is 5.54 Å². The summed E-state index contributed by atoms with van der Waals surface area (Å²) < 4.78 is 0. The van der Waals surface area contributed by atoms with Crippen LogP contribution in [-0.4, -0.2) is 16.4 Å². The standard InChI is InChI=1S/C12H17N3O/c1-4-12(5-2)11(16)14-9-7-6-8(3)13-10(9)15-12/h6-7H,4-5H2,1-3H3,(H,13,15)(H,14,16). The largest absolute Gasteiger partial charge is 0.354 e. The van der Waals surface area contributed by atoms with Crippen molar-refractivity contribution in [1.29, 1.82) is 0 Å². The van der Waals surface area contributed by atoms with Gasteiger partial charge >= 0.3 is 0 Å². The molecule has 4 nitrogen and oxygen atoms in total. The lowest BCUT2D eigenvalue weighted by atomic mass is 9.90. The van der Waals surface area contributed by atoms with E-state index in [2.05, 4.69) is 15.6 Å². The molecule has 0 bridgehead atoms. The SMILES string of the molecule is CCC1(CC)Nc2nc(C)ccc2NC1=O. The van der Waals surface area contributed by atoms with E-state index in [4.69, 9.17) is 0 Å². The number of nitrogens with zero attached hydrogens (tertiary/aromatic N) is 1. The zero-order valence-corrected chi connectivity index (χ0v) is 9.92. The van der Waals surface area contributed by atoms with Gasteiger partial charge in [-0.05, 0) is 31.9 Å². The van der Waals surface area contributed by atoms with Crippen LogP contribution in [0.2, 0.25) is 0 Å². The molecule has 1 aliphatic heterocycles. The molecule has 16 heavy (non-hydrogen) atoms. The Bertz CT molecular complexity index is 424. The molecule has 0 unspecified atom stereocenters. The maximum absolute atomic E-state index is 12.0. The zero-order valence-electron chi connectivity index (χ0n) is 9.92. The van der Waals surface area contributed by atoms with Crippen LogP contribution >= 0.6 is 0 Å². The van der Waals surface area contributed by atoms with Gasteiger partial charge in [0.1, 0.15) is 5.54 Å². The van der Waals surface area contributed by atoms with Crippen LogP contribution in [0.3, 0.4) is 0 Å². The van der Waals surface area contributed by atoms with Crippen LogP contribution in [0.5, 0.6) is 0 Å². The van der Waals surface area contributed by atoms with E-state index in [9.17, 15) is 4.79 Å². The van der Waals surface area contributed by atoms with Crippen LogP contribution in [0.25, 0.3) is 0 Å². The Morgan fingerprint density at radius 3 is 2.62 bits per heavy atom. The third kappa shape index (κ3) is 1.54. The van der Waals surface area contributed by atoms with Crippen molar-refractivity contribution in [2.75, 3.05) is 10.6 Å². The molecular weight excluding hydrogens is 202 g/mol. The second-order valence-electron chi connectivity index (χ2n) is 4.22. The number of aromatic nitrogens is 1. The quantitative estimate of drug-likeness (QED) is 0.802. The van der Waals surface area contributed by atoms with E-state index in [1.807, 2.05) is 32.9 Å². The first kappa shape index (κ1) is 10.9. The lowest BCUT2D eigenvalue weighted by molar-refractivity contribution is -0.120. The average Bonchev–Trinajstić information content (AvgIpc) is 2.29. The summed E-state index contributed by atoms with van der Waals surface area (Å²) in [5, 5.41) is 6.19. The van der Waals surface area contributed by atoms with Crippen LogP contribution in [-0.2, 0) is 4.79 Å². The number of hydrogen-bond acceptors (Lipinski definition) is 3. The minimum absolute atomic E-state index is 0.0376. The first-order valence-corrected chi connectivity index (χ1v) is 5.68. The molecular formula is C12H17N3O. The van der Waals surface area contributed by atoms with E-state index in [-0.39, 0.29) is 5.91 Å². The topological polar surface area (TPSA) is 54.0 Å². The number of aryl methyl sites for hydroxylation is 1. The molecule has 0 radical (unpaired) electrons. The van der Waals surface area contributed by atoms with E-state index in [0.29, 0.717) is 0 Å². The van der Waals surface area contributed by atoms with Crippen LogP contribution < -0.4 is 10.6 Å². The summed E-state index contributed by atoms with van der Waals surface area (Å²) in [6, 6.07) is 3.78. The van der Waals surface area contributed by atoms with Crippen molar-refractivity contribution >= 4 is 17.4 Å². The summed E-state index contributed by atoms with van der Waals surface area (Å²) in [5.74, 6) is 0.818. The van der Waals surface area contributed by atoms with Gasteiger partial charge in [0.05, 0.1) is 5.69 Å². The molecule has 0 saturated heterocycles. The monoisotopic (exact) mass is 219 g/mol. The Hall–Kier alpha value is -1.58. The van der Waals surface area contributed by atoms with Gasteiger partial charge in [-0.15, -0.1) is 0 Å². The lowest BCUT2D eigenvalue weighted by Gasteiger charge is -2.36. The Labute approximate surface area is 95.5 Å². The number of carbonyl (C=O) groups is 1. The van der Waals surface area contributed by atoms with Crippen molar-refractivity contribution in [2.24, 2.45) is 0 Å². The predicted octanol–water partition coefficient (Wildman–Crippen LogP) is 2.31. The van der Waals surface area contributed by atoms with E-state index in [1.165, 1.54) is 0 Å². The van der Waals surface area contributed by atoms with Crippen molar-refractivity contribution < 1.29 is 4.79 Å². The highest BCUT2D eigenvalue weighted by Gasteiger charge is 2.39. The molecule has 0 fully saturated rings. The number of rotatable bonds is 2. The van der Waals surface area contributed by atoms with Crippen LogP contribution in [0.1, 0.15) is 32.4 Å². The molecule has 4 heteroatoms. The highest BCUT2D eigenvalue weighted by molar-refractivity contribution is 6.05. The third-order valence-corrected chi connectivity index (χ3v) is 3.28. The zero-order chi connectivity index (χ0) is 11.8. The number of carbonyl (C=O) groups excluding carboxylic acids is 1. The summed E-state index contributed by atoms with van der Waals surface area (Å²) in [5.41, 5.74) is 1.21. The Balaban J connectivity index is 2.43. The van der Waals surface area contributed by atoms with Crippen molar-refractivity contribution in [3.05, 3.63) is 17.8 Å². The van der Waals surface area contributed by atoms with Crippen molar-refractivity contribution in [2.45, 2.75) is 39.2 Å². The summed E-state index contributed by atoms with van der Waals surface area (Å²) in [6.07, 6.45) is 1.51. The third-order valence-electron chi connectivity index (χ3n) is 3.28. The van der Waals surface area contributed by atoms with Crippen molar-refractivity contribution in [3.63, 3.8) is 0 Å². The number of nitrogens with one attached hydrogen (secondary N) is 2. The first-order valence-electron chi connectivity index (χ1n) is 5.68. The van der Waals surface area contributed by atoms with Gasteiger partial charge in [-0.25, -0.2) is 4.98 Å². The lowest BCUT2D eigenvalue weighted by Crippen LogP contribution is -2.51. The summed E-state index contributed by atoms with van der Waals surface area (Å²) in [6.45, 7) is 5.96. The molecule has 2 N–H and O–H groups in total. The van der Waals surface area contributed by atoms with E-state index >= 15 is 0 Å². The molecule has 1 aliphatic rings. The number of amides is 1. The minimum Gasteiger partial charge on any atom is -0.354 e. The minimum atomic E-state index is -0.506. The van der Waals surface area contributed by atoms with Gasteiger partial charge in [0.25, 0.3) is 0 Å². The molecule has 1 aromatic rings. The van der Waals surface area contributed by atoms with Gasteiger partial charge < -0.3 is 10.6 Å². The fourth-order valence-electron chi connectivity index (χ4n) is 2.03. The van der Waals surface area contributed by atoms with Crippen LogP contribution in [0.4, 0.5) is 11.5 Å². The average molecular weight is 219 g/mol. The fraction of sp³-hybridized carbons (Fsp3) is 0.500. The Morgan fingerprint density at radius 2 is 2.00 bits per heavy atom. The molecule has 2 heterocycles. The maximum Gasteiger partial charge on any atom is 0.250 e. The number of anilines is 2. The second kappa shape index (κ2) is 3.77.